The molecule has 0 saturated carbocycles. The highest BCUT2D eigenvalue weighted by Crippen LogP contribution is 2.39. The normalized spacial score (nSPS) is 17.2. The van der Waals surface area contributed by atoms with Crippen LogP contribution in [-0.4, -0.2) is 11.9 Å². The predicted octanol–water partition coefficient (Wildman–Crippen LogP) is 4.71. The fourth-order valence-electron chi connectivity index (χ4n) is 2.44. The van der Waals surface area contributed by atoms with Gasteiger partial charge in [0.05, 0.1) is 6.61 Å². The number of halogens is 1. The van der Waals surface area contributed by atoms with Crippen LogP contribution in [0.3, 0.4) is 0 Å². The van der Waals surface area contributed by atoms with Gasteiger partial charge in [0.15, 0.2) is 0 Å². The average molecular weight is 309 g/mol. The van der Waals surface area contributed by atoms with Crippen LogP contribution < -0.4 is 0 Å². The third-order valence-corrected chi connectivity index (χ3v) is 4.85. The maximum atomic E-state index is 5.73. The molecule has 0 fully saturated rings. The molecule has 2 heteroatoms. The molecule has 1 aliphatic rings. The molecule has 0 atom stereocenters. The Morgan fingerprint density at radius 1 is 1.11 bits per heavy atom. The Labute approximate surface area is 118 Å². The van der Waals surface area contributed by atoms with Crippen molar-refractivity contribution >= 4 is 15.9 Å². The molecule has 0 aliphatic heterocycles. The number of alkyl halides is 1. The molecule has 1 aromatic carbocycles. The SMILES string of the molecule is BrCC1(CCCOCc2ccccc2)CC=CC1. The number of benzene rings is 1. The zero-order valence-corrected chi connectivity index (χ0v) is 12.4. The second-order valence-corrected chi connectivity index (χ2v) is 5.72. The van der Waals surface area contributed by atoms with E-state index in [1.54, 1.807) is 0 Å². The van der Waals surface area contributed by atoms with E-state index in [9.17, 15) is 0 Å². The third kappa shape index (κ3) is 3.96. The fraction of sp³-hybridized carbons (Fsp3) is 0.500. The molecule has 0 aromatic heterocycles. The van der Waals surface area contributed by atoms with Gasteiger partial charge in [0.2, 0.25) is 0 Å². The fourth-order valence-corrected chi connectivity index (χ4v) is 3.18. The Hall–Kier alpha value is -0.600. The van der Waals surface area contributed by atoms with Gasteiger partial charge in [-0.3, -0.25) is 0 Å². The maximum absolute atomic E-state index is 5.73. The Bertz CT molecular complexity index is 364. The number of rotatable bonds is 7. The smallest absolute Gasteiger partial charge is 0.0716 e. The minimum absolute atomic E-state index is 0.468. The van der Waals surface area contributed by atoms with Crippen molar-refractivity contribution in [2.24, 2.45) is 5.41 Å². The quantitative estimate of drug-likeness (QED) is 0.402. The van der Waals surface area contributed by atoms with E-state index in [4.69, 9.17) is 4.74 Å². The molecule has 0 bridgehead atoms. The molecular formula is C16H21BrO. The van der Waals surface area contributed by atoms with Gasteiger partial charge >= 0.3 is 0 Å². The summed E-state index contributed by atoms with van der Waals surface area (Å²) in [5.41, 5.74) is 1.73. The maximum Gasteiger partial charge on any atom is 0.0716 e. The summed E-state index contributed by atoms with van der Waals surface area (Å²) in [7, 11) is 0. The average Bonchev–Trinajstić information content (AvgIpc) is 2.89. The minimum Gasteiger partial charge on any atom is -0.377 e. The third-order valence-electron chi connectivity index (χ3n) is 3.66. The number of hydrogen-bond acceptors (Lipinski definition) is 1. The first-order chi connectivity index (χ1) is 8.85. The molecule has 0 amide bonds. The van der Waals surface area contributed by atoms with E-state index in [-0.39, 0.29) is 0 Å². The Balaban J connectivity index is 1.61. The highest BCUT2D eigenvalue weighted by atomic mass is 79.9. The summed E-state index contributed by atoms with van der Waals surface area (Å²) in [6.07, 6.45) is 9.46. The van der Waals surface area contributed by atoms with Gasteiger partial charge < -0.3 is 4.74 Å². The van der Waals surface area contributed by atoms with Gasteiger partial charge in [0.25, 0.3) is 0 Å². The molecule has 0 radical (unpaired) electrons. The summed E-state index contributed by atoms with van der Waals surface area (Å²) < 4.78 is 5.73. The Morgan fingerprint density at radius 2 is 1.83 bits per heavy atom. The van der Waals surface area contributed by atoms with Crippen molar-refractivity contribution < 1.29 is 4.74 Å². The summed E-state index contributed by atoms with van der Waals surface area (Å²) in [5, 5.41) is 1.10. The van der Waals surface area contributed by atoms with Crippen molar-refractivity contribution in [3.8, 4) is 0 Å². The van der Waals surface area contributed by atoms with Crippen molar-refractivity contribution in [3.05, 3.63) is 48.0 Å². The van der Waals surface area contributed by atoms with Gasteiger partial charge in [0, 0.05) is 11.9 Å². The van der Waals surface area contributed by atoms with E-state index >= 15 is 0 Å². The second kappa shape index (κ2) is 7.10. The molecule has 98 valence electrons. The van der Waals surface area contributed by atoms with Gasteiger partial charge in [-0.1, -0.05) is 58.4 Å². The van der Waals surface area contributed by atoms with E-state index in [0.29, 0.717) is 5.41 Å². The molecular weight excluding hydrogens is 288 g/mol. The van der Waals surface area contributed by atoms with Crippen LogP contribution in [0.25, 0.3) is 0 Å². The molecule has 0 unspecified atom stereocenters. The van der Waals surface area contributed by atoms with Crippen molar-refractivity contribution in [2.45, 2.75) is 32.3 Å². The van der Waals surface area contributed by atoms with E-state index in [1.807, 2.05) is 6.07 Å². The first-order valence-electron chi connectivity index (χ1n) is 6.67. The summed E-state index contributed by atoms with van der Waals surface area (Å²) in [5.74, 6) is 0. The van der Waals surface area contributed by atoms with Gasteiger partial charge in [-0.2, -0.15) is 0 Å². The molecule has 1 aromatic rings. The number of ether oxygens (including phenoxy) is 1. The second-order valence-electron chi connectivity index (χ2n) is 5.16. The topological polar surface area (TPSA) is 9.23 Å². The summed E-state index contributed by atoms with van der Waals surface area (Å²) in [6.45, 7) is 1.60. The minimum atomic E-state index is 0.468. The molecule has 1 nitrogen and oxygen atoms in total. The molecule has 0 saturated heterocycles. The monoisotopic (exact) mass is 308 g/mol. The van der Waals surface area contributed by atoms with Crippen LogP contribution in [0, 0.1) is 5.41 Å². The molecule has 0 N–H and O–H groups in total. The number of allylic oxidation sites excluding steroid dienone is 2. The van der Waals surface area contributed by atoms with Crippen LogP contribution in [0.1, 0.15) is 31.2 Å². The van der Waals surface area contributed by atoms with Crippen LogP contribution in [0.2, 0.25) is 0 Å². The predicted molar refractivity (Wildman–Crippen MR) is 79.9 cm³/mol. The zero-order chi connectivity index (χ0) is 12.7. The lowest BCUT2D eigenvalue weighted by molar-refractivity contribution is 0.108. The first-order valence-corrected chi connectivity index (χ1v) is 7.79. The van der Waals surface area contributed by atoms with E-state index in [1.165, 1.54) is 24.8 Å². The standard InChI is InChI=1S/C16H21BrO/c17-14-16(9-4-5-10-16)11-6-12-18-13-15-7-2-1-3-8-15/h1-5,7-8H,6,9-14H2. The van der Waals surface area contributed by atoms with Crippen molar-refractivity contribution in [1.29, 1.82) is 0 Å². The summed E-state index contributed by atoms with van der Waals surface area (Å²) in [4.78, 5) is 0. The molecule has 0 spiro atoms. The highest BCUT2D eigenvalue weighted by molar-refractivity contribution is 9.09. The Morgan fingerprint density at radius 3 is 2.50 bits per heavy atom. The number of hydrogen-bond donors (Lipinski definition) is 0. The van der Waals surface area contributed by atoms with Crippen LogP contribution in [0.15, 0.2) is 42.5 Å². The van der Waals surface area contributed by atoms with Crippen molar-refractivity contribution in [1.82, 2.24) is 0 Å². The lowest BCUT2D eigenvalue weighted by atomic mass is 9.83. The molecule has 18 heavy (non-hydrogen) atoms. The van der Waals surface area contributed by atoms with E-state index < -0.39 is 0 Å². The summed E-state index contributed by atoms with van der Waals surface area (Å²) in [6, 6.07) is 10.4. The lowest BCUT2D eigenvalue weighted by Crippen LogP contribution is -2.19. The molecule has 0 heterocycles. The van der Waals surface area contributed by atoms with Crippen LogP contribution in [-0.2, 0) is 11.3 Å². The van der Waals surface area contributed by atoms with Crippen LogP contribution in [0.5, 0.6) is 0 Å². The van der Waals surface area contributed by atoms with Gasteiger partial charge in [-0.25, -0.2) is 0 Å². The van der Waals surface area contributed by atoms with Crippen molar-refractivity contribution in [3.63, 3.8) is 0 Å². The van der Waals surface area contributed by atoms with E-state index in [0.717, 1.165) is 25.0 Å². The zero-order valence-electron chi connectivity index (χ0n) is 10.8. The summed E-state index contributed by atoms with van der Waals surface area (Å²) >= 11 is 3.66. The first kappa shape index (κ1) is 13.8. The van der Waals surface area contributed by atoms with Gasteiger partial charge in [-0.15, -0.1) is 0 Å². The van der Waals surface area contributed by atoms with Crippen LogP contribution >= 0.6 is 15.9 Å². The van der Waals surface area contributed by atoms with Gasteiger partial charge in [-0.05, 0) is 36.7 Å². The van der Waals surface area contributed by atoms with E-state index in [2.05, 4.69) is 52.3 Å². The Kier molecular flexibility index (Phi) is 5.45. The van der Waals surface area contributed by atoms with Gasteiger partial charge in [0.1, 0.15) is 0 Å². The molecule has 1 aliphatic carbocycles. The van der Waals surface area contributed by atoms with Crippen molar-refractivity contribution in [2.75, 3.05) is 11.9 Å². The van der Waals surface area contributed by atoms with Crippen LogP contribution in [0.4, 0.5) is 0 Å². The highest BCUT2D eigenvalue weighted by Gasteiger charge is 2.28. The molecule has 2 rings (SSSR count). The lowest BCUT2D eigenvalue weighted by Gasteiger charge is -2.26. The largest absolute Gasteiger partial charge is 0.377 e.